The summed E-state index contributed by atoms with van der Waals surface area (Å²) in [5.41, 5.74) is 3.62. The second-order valence-electron chi connectivity index (χ2n) is 8.41. The summed E-state index contributed by atoms with van der Waals surface area (Å²) < 4.78 is 43.0. The van der Waals surface area contributed by atoms with Crippen LogP contribution in [0.5, 0.6) is 0 Å². The molecule has 3 aromatic rings. The number of anilines is 3. The van der Waals surface area contributed by atoms with E-state index in [0.29, 0.717) is 17.3 Å². The summed E-state index contributed by atoms with van der Waals surface area (Å²) in [5.74, 6) is -0.563. The molecule has 2 aliphatic rings. The van der Waals surface area contributed by atoms with Crippen LogP contribution in [-0.4, -0.2) is 26.5 Å². The maximum atomic E-state index is 15.0. The van der Waals surface area contributed by atoms with Crippen LogP contribution in [0.3, 0.4) is 0 Å². The van der Waals surface area contributed by atoms with Gasteiger partial charge in [0.15, 0.2) is 5.13 Å². The third-order valence-electron chi connectivity index (χ3n) is 6.03. The van der Waals surface area contributed by atoms with Crippen LogP contribution in [0.4, 0.5) is 20.9 Å². The van der Waals surface area contributed by atoms with E-state index >= 15 is 4.39 Å². The molecule has 2 N–H and O–H groups in total. The summed E-state index contributed by atoms with van der Waals surface area (Å²) >= 11 is 7.40. The van der Waals surface area contributed by atoms with E-state index in [-0.39, 0.29) is 15.9 Å². The van der Waals surface area contributed by atoms with Crippen molar-refractivity contribution in [2.24, 2.45) is 0 Å². The van der Waals surface area contributed by atoms with E-state index in [1.807, 2.05) is 18.2 Å². The van der Waals surface area contributed by atoms with Crippen LogP contribution in [0.15, 0.2) is 46.8 Å². The molecule has 0 unspecified atom stereocenters. The average Bonchev–Trinajstić information content (AvgIpc) is 3.23. The summed E-state index contributed by atoms with van der Waals surface area (Å²) in [5, 5.41) is 5.92. The summed E-state index contributed by atoms with van der Waals surface area (Å²) in [6, 6.07) is 8.60. The molecular formula is C23H24ClFN4O2S2. The number of benzene rings is 2. The molecule has 0 radical (unpaired) electrons. The Bertz CT molecular complexity index is 1260. The fourth-order valence-electron chi connectivity index (χ4n) is 4.23. The standard InChI is InChI=1S/C23H24ClFN4O2S2/c24-17-6-5-16(21(11-17)29-8-1-2-9-29)14-27-20-13-19(25)22(12-18(20)15-3-4-15)33(30,31)28-23-26-7-10-32-23/h5-7,10-13,15,27H,1-4,8-9,14H2,(H,26,28). The van der Waals surface area contributed by atoms with Crippen LogP contribution in [0.2, 0.25) is 5.02 Å². The molecule has 2 fully saturated rings. The van der Waals surface area contributed by atoms with Gasteiger partial charge in [0.25, 0.3) is 10.0 Å². The predicted octanol–water partition coefficient (Wildman–Crippen LogP) is 5.83. The fraction of sp³-hybridized carbons (Fsp3) is 0.348. The molecule has 0 bridgehead atoms. The molecule has 0 amide bonds. The van der Waals surface area contributed by atoms with Gasteiger partial charge in [-0.3, -0.25) is 4.72 Å². The number of thiazole rings is 1. The highest BCUT2D eigenvalue weighted by atomic mass is 35.5. The van der Waals surface area contributed by atoms with Gasteiger partial charge in [0.2, 0.25) is 0 Å². The summed E-state index contributed by atoms with van der Waals surface area (Å²) in [6.07, 6.45) is 5.72. The third-order valence-corrected chi connectivity index (χ3v) is 8.43. The number of hydrogen-bond acceptors (Lipinski definition) is 6. The number of rotatable bonds is 8. The van der Waals surface area contributed by atoms with Gasteiger partial charge in [0.1, 0.15) is 10.7 Å². The van der Waals surface area contributed by atoms with Crippen molar-refractivity contribution >= 4 is 49.5 Å². The fourth-order valence-corrected chi connectivity index (χ4v) is 6.28. The summed E-state index contributed by atoms with van der Waals surface area (Å²) in [4.78, 5) is 5.91. The number of sulfonamides is 1. The van der Waals surface area contributed by atoms with Crippen molar-refractivity contribution in [2.75, 3.05) is 28.0 Å². The van der Waals surface area contributed by atoms with Crippen LogP contribution in [-0.2, 0) is 16.6 Å². The Balaban J connectivity index is 1.42. The molecule has 5 rings (SSSR count). The van der Waals surface area contributed by atoms with E-state index in [2.05, 4.69) is 19.9 Å². The molecule has 1 aliphatic heterocycles. The molecule has 0 atom stereocenters. The van der Waals surface area contributed by atoms with Crippen molar-refractivity contribution in [3.63, 3.8) is 0 Å². The maximum absolute atomic E-state index is 15.0. The number of halogens is 2. The Hall–Kier alpha value is -2.36. The smallest absolute Gasteiger partial charge is 0.266 e. The average molecular weight is 507 g/mol. The predicted molar refractivity (Wildman–Crippen MR) is 132 cm³/mol. The lowest BCUT2D eigenvalue weighted by Crippen LogP contribution is -2.20. The first-order valence-corrected chi connectivity index (χ1v) is 13.7. The number of hydrogen-bond donors (Lipinski definition) is 2. The highest BCUT2D eigenvalue weighted by molar-refractivity contribution is 7.93. The van der Waals surface area contributed by atoms with E-state index in [1.165, 1.54) is 18.3 Å². The van der Waals surface area contributed by atoms with Gasteiger partial charge in [-0.1, -0.05) is 17.7 Å². The molecule has 2 heterocycles. The molecule has 33 heavy (non-hydrogen) atoms. The summed E-state index contributed by atoms with van der Waals surface area (Å²) in [6.45, 7) is 2.48. The summed E-state index contributed by atoms with van der Waals surface area (Å²) in [7, 11) is -4.07. The van der Waals surface area contributed by atoms with Crippen molar-refractivity contribution in [3.05, 3.63) is 63.9 Å². The minimum atomic E-state index is -4.07. The molecule has 1 saturated carbocycles. The van der Waals surface area contributed by atoms with Crippen LogP contribution in [0, 0.1) is 5.82 Å². The maximum Gasteiger partial charge on any atom is 0.266 e. The van der Waals surface area contributed by atoms with Gasteiger partial charge in [-0.05, 0) is 67.0 Å². The molecule has 6 nitrogen and oxygen atoms in total. The van der Waals surface area contributed by atoms with E-state index in [4.69, 9.17) is 11.6 Å². The van der Waals surface area contributed by atoms with Crippen LogP contribution in [0.1, 0.15) is 42.7 Å². The monoisotopic (exact) mass is 506 g/mol. The lowest BCUT2D eigenvalue weighted by molar-refractivity contribution is 0.569. The van der Waals surface area contributed by atoms with Crippen molar-refractivity contribution < 1.29 is 12.8 Å². The molecule has 0 spiro atoms. The van der Waals surface area contributed by atoms with Gasteiger partial charge >= 0.3 is 0 Å². The first-order chi connectivity index (χ1) is 15.9. The molecule has 1 aromatic heterocycles. The molecule has 174 valence electrons. The van der Waals surface area contributed by atoms with Gasteiger partial charge in [-0.15, -0.1) is 11.3 Å². The van der Waals surface area contributed by atoms with Crippen molar-refractivity contribution in [1.82, 2.24) is 4.98 Å². The molecule has 2 aromatic carbocycles. The number of nitrogens with zero attached hydrogens (tertiary/aromatic N) is 2. The topological polar surface area (TPSA) is 74.3 Å². The third kappa shape index (κ3) is 4.95. The SMILES string of the molecule is O=S(=O)(Nc1nccs1)c1cc(C2CC2)c(NCc2ccc(Cl)cc2N2CCCC2)cc1F. The van der Waals surface area contributed by atoms with Crippen molar-refractivity contribution in [2.45, 2.75) is 43.0 Å². The zero-order chi connectivity index (χ0) is 23.0. The van der Waals surface area contributed by atoms with Gasteiger partial charge in [0, 0.05) is 47.6 Å². The molecular weight excluding hydrogens is 483 g/mol. The van der Waals surface area contributed by atoms with Crippen LogP contribution >= 0.6 is 22.9 Å². The lowest BCUT2D eigenvalue weighted by Gasteiger charge is -2.23. The highest BCUT2D eigenvalue weighted by Gasteiger charge is 2.30. The van der Waals surface area contributed by atoms with Gasteiger partial charge in [0.05, 0.1) is 0 Å². The largest absolute Gasteiger partial charge is 0.381 e. The zero-order valence-electron chi connectivity index (χ0n) is 17.9. The quantitative estimate of drug-likeness (QED) is 0.402. The molecule has 1 saturated heterocycles. The van der Waals surface area contributed by atoms with E-state index in [9.17, 15) is 8.42 Å². The van der Waals surface area contributed by atoms with Crippen molar-refractivity contribution in [1.29, 1.82) is 0 Å². The van der Waals surface area contributed by atoms with Crippen molar-refractivity contribution in [3.8, 4) is 0 Å². The Morgan fingerprint density at radius 1 is 1.18 bits per heavy atom. The van der Waals surface area contributed by atoms with Gasteiger partial charge < -0.3 is 10.2 Å². The van der Waals surface area contributed by atoms with Gasteiger partial charge in [-0.2, -0.15) is 0 Å². The second kappa shape index (κ2) is 9.12. The van der Waals surface area contributed by atoms with Crippen LogP contribution in [0.25, 0.3) is 0 Å². The van der Waals surface area contributed by atoms with E-state index < -0.39 is 15.8 Å². The number of aromatic nitrogens is 1. The first-order valence-electron chi connectivity index (χ1n) is 10.9. The van der Waals surface area contributed by atoms with Gasteiger partial charge in [-0.25, -0.2) is 17.8 Å². The number of nitrogens with one attached hydrogen (secondary N) is 2. The molecule has 10 heteroatoms. The Labute approximate surface area is 201 Å². The normalized spacial score (nSPS) is 16.2. The minimum Gasteiger partial charge on any atom is -0.381 e. The van der Waals surface area contributed by atoms with E-state index in [0.717, 1.165) is 66.9 Å². The highest BCUT2D eigenvalue weighted by Crippen LogP contribution is 2.45. The second-order valence-corrected chi connectivity index (χ2v) is 11.4. The Morgan fingerprint density at radius 3 is 2.67 bits per heavy atom. The Kier molecular flexibility index (Phi) is 6.20. The zero-order valence-corrected chi connectivity index (χ0v) is 20.2. The molecule has 1 aliphatic carbocycles. The lowest BCUT2D eigenvalue weighted by atomic mass is 10.1. The first kappa shape index (κ1) is 22.4. The Morgan fingerprint density at radius 2 is 1.97 bits per heavy atom. The minimum absolute atomic E-state index is 0.210. The van der Waals surface area contributed by atoms with Crippen LogP contribution < -0.4 is 14.9 Å². The van der Waals surface area contributed by atoms with E-state index in [1.54, 1.807) is 5.38 Å².